The normalized spacial score (nSPS) is 23.5. The standard InChI is InChI=1S/C20H18F5N3O5/c1-19(20(23,24)25)8-11(10-3-4-12(21)14(22)15(10)32-2)16(33-19)18(30)27-9-5-6-28(31)13(7-9)17(26)29/h3-7,11,16,31H,8H2,1-2H3,(H2,26,29)/t11-,16+,19+/m1/s1. The summed E-state index contributed by atoms with van der Waals surface area (Å²) in [5.41, 5.74) is 1.64. The highest BCUT2D eigenvalue weighted by atomic mass is 19.4. The molecule has 178 valence electrons. The van der Waals surface area contributed by atoms with Gasteiger partial charge in [0.1, 0.15) is 11.8 Å². The third-order valence-electron chi connectivity index (χ3n) is 5.30. The van der Waals surface area contributed by atoms with Crippen LogP contribution in [-0.2, 0) is 9.53 Å². The van der Waals surface area contributed by atoms with E-state index in [4.69, 9.17) is 15.2 Å². The summed E-state index contributed by atoms with van der Waals surface area (Å²) in [6, 6.07) is 3.74. The Bertz CT molecular complexity index is 1180. The topological polar surface area (TPSA) is 116 Å². The Hall–Kier alpha value is -3.48. The Kier molecular flexibility index (Phi) is 6.20. The molecule has 2 amide bonds. The Morgan fingerprint density at radius 1 is 1.30 bits per heavy atom. The highest BCUT2D eigenvalue weighted by molar-refractivity contribution is 5.91. The lowest BCUT2D eigenvalue weighted by Gasteiger charge is -2.26. The summed E-state index contributed by atoms with van der Waals surface area (Å²) in [6.45, 7) is 0.724. The molecule has 1 saturated heterocycles. The van der Waals surface area contributed by atoms with Crippen molar-refractivity contribution < 1.29 is 46.2 Å². The molecule has 0 bridgehead atoms. The summed E-state index contributed by atoms with van der Waals surface area (Å²) in [7, 11) is 1.00. The number of alkyl halides is 3. The maximum atomic E-state index is 14.2. The van der Waals surface area contributed by atoms with Crippen molar-refractivity contribution in [3.63, 3.8) is 0 Å². The van der Waals surface area contributed by atoms with Gasteiger partial charge in [-0.1, -0.05) is 6.07 Å². The molecule has 0 spiro atoms. The fraction of sp³-hybridized carbons (Fsp3) is 0.350. The number of hydrogen-bond acceptors (Lipinski definition) is 5. The Morgan fingerprint density at radius 3 is 2.55 bits per heavy atom. The van der Waals surface area contributed by atoms with Crippen LogP contribution in [-0.4, -0.2) is 46.7 Å². The van der Waals surface area contributed by atoms with E-state index in [-0.39, 0.29) is 10.9 Å². The summed E-state index contributed by atoms with van der Waals surface area (Å²) in [5, 5.41) is 9.36. The van der Waals surface area contributed by atoms with Crippen molar-refractivity contribution in [1.29, 1.82) is 0 Å². The average Bonchev–Trinajstić information content (AvgIpc) is 3.10. The van der Waals surface area contributed by atoms with Crippen LogP contribution >= 0.6 is 0 Å². The molecule has 2 aromatic rings. The molecule has 0 unspecified atom stereocenters. The molecule has 2 heterocycles. The molecule has 0 saturated carbocycles. The fourth-order valence-electron chi connectivity index (χ4n) is 3.59. The van der Waals surface area contributed by atoms with Crippen molar-refractivity contribution >= 4 is 11.8 Å². The van der Waals surface area contributed by atoms with E-state index in [9.17, 15) is 36.7 Å². The van der Waals surface area contributed by atoms with Gasteiger partial charge in [0.15, 0.2) is 17.2 Å². The number of carbonyl (C=O) groups excluding carboxylic acids is 2. The van der Waals surface area contributed by atoms with E-state index in [1.165, 1.54) is 0 Å². The molecule has 1 aromatic heterocycles. The highest BCUT2D eigenvalue weighted by Crippen LogP contribution is 2.51. The molecule has 0 aliphatic carbocycles. The van der Waals surface area contributed by atoms with E-state index in [0.29, 0.717) is 10.8 Å². The lowest BCUT2D eigenvalue weighted by Crippen LogP contribution is -2.43. The van der Waals surface area contributed by atoms with E-state index in [1.54, 1.807) is 0 Å². The first kappa shape index (κ1) is 24.2. The van der Waals surface area contributed by atoms with Gasteiger partial charge in [-0.15, -0.1) is 0 Å². The zero-order valence-corrected chi connectivity index (χ0v) is 17.2. The van der Waals surface area contributed by atoms with Crippen molar-refractivity contribution in [3.05, 3.63) is 58.7 Å². The van der Waals surface area contributed by atoms with Crippen LogP contribution in [0.4, 0.5) is 22.0 Å². The molecule has 1 aliphatic rings. The number of rotatable bonds is 4. The van der Waals surface area contributed by atoms with Crippen LogP contribution in [0.5, 0.6) is 5.75 Å². The van der Waals surface area contributed by atoms with Gasteiger partial charge < -0.3 is 20.4 Å². The number of hydrogen-bond donors (Lipinski definition) is 2. The average molecular weight is 475 g/mol. The first-order valence-electron chi connectivity index (χ1n) is 9.36. The molecule has 33 heavy (non-hydrogen) atoms. The molecular weight excluding hydrogens is 457 g/mol. The van der Waals surface area contributed by atoms with E-state index in [1.807, 2.05) is 0 Å². The van der Waals surface area contributed by atoms with Gasteiger partial charge in [-0.2, -0.15) is 22.3 Å². The van der Waals surface area contributed by atoms with Crippen molar-refractivity contribution in [3.8, 4) is 5.75 Å². The van der Waals surface area contributed by atoms with Gasteiger partial charge in [0.05, 0.1) is 12.5 Å². The zero-order valence-electron chi connectivity index (χ0n) is 17.2. The summed E-state index contributed by atoms with van der Waals surface area (Å²) in [4.78, 5) is 27.9. The summed E-state index contributed by atoms with van der Waals surface area (Å²) < 4.78 is 79.3. The van der Waals surface area contributed by atoms with Crippen molar-refractivity contribution in [1.82, 2.24) is 4.73 Å². The quantitative estimate of drug-likeness (QED) is 0.521. The van der Waals surface area contributed by atoms with E-state index in [0.717, 1.165) is 38.4 Å². The van der Waals surface area contributed by atoms with Gasteiger partial charge in [-0.3, -0.25) is 9.59 Å². The number of pyridine rings is 1. The Balaban J connectivity index is 2.12. The van der Waals surface area contributed by atoms with E-state index in [2.05, 4.69) is 4.99 Å². The number of carbonyl (C=O) groups is 2. The lowest BCUT2D eigenvalue weighted by molar-refractivity contribution is -0.262. The second-order valence-corrected chi connectivity index (χ2v) is 7.49. The second kappa shape index (κ2) is 8.46. The van der Waals surface area contributed by atoms with Gasteiger partial charge in [0, 0.05) is 17.7 Å². The Labute approximate surface area is 183 Å². The van der Waals surface area contributed by atoms with Crippen LogP contribution in [0, 0.1) is 11.6 Å². The van der Waals surface area contributed by atoms with Crippen LogP contribution in [0.1, 0.15) is 35.3 Å². The van der Waals surface area contributed by atoms with E-state index < -0.39 is 65.1 Å². The zero-order chi connectivity index (χ0) is 24.7. The molecule has 3 atom stereocenters. The first-order chi connectivity index (χ1) is 15.3. The summed E-state index contributed by atoms with van der Waals surface area (Å²) in [5.74, 6) is -7.04. The highest BCUT2D eigenvalue weighted by Gasteiger charge is 2.61. The van der Waals surface area contributed by atoms with Crippen LogP contribution in [0.25, 0.3) is 0 Å². The predicted molar refractivity (Wildman–Crippen MR) is 100 cm³/mol. The number of primary amides is 1. The lowest BCUT2D eigenvalue weighted by atomic mass is 9.86. The molecule has 13 heteroatoms. The molecule has 1 aromatic carbocycles. The number of methoxy groups -OCH3 is 1. The minimum absolute atomic E-state index is 0.209. The molecule has 8 nitrogen and oxygen atoms in total. The minimum Gasteiger partial charge on any atom is -0.493 e. The summed E-state index contributed by atoms with van der Waals surface area (Å²) in [6.07, 6.45) is -6.62. The maximum Gasteiger partial charge on any atom is 0.417 e. The number of halogens is 5. The molecule has 0 radical (unpaired) electrons. The number of amides is 2. The molecule has 3 N–H and O–H groups in total. The van der Waals surface area contributed by atoms with Gasteiger partial charge >= 0.3 is 6.18 Å². The number of nitrogens with zero attached hydrogens (tertiary/aromatic N) is 2. The van der Waals surface area contributed by atoms with Gasteiger partial charge in [-0.25, -0.2) is 9.38 Å². The van der Waals surface area contributed by atoms with Crippen LogP contribution in [0.2, 0.25) is 0 Å². The first-order valence-corrected chi connectivity index (χ1v) is 9.36. The van der Waals surface area contributed by atoms with Crippen molar-refractivity contribution in [2.45, 2.75) is 37.1 Å². The molecule has 3 rings (SSSR count). The third-order valence-corrected chi connectivity index (χ3v) is 5.30. The predicted octanol–water partition coefficient (Wildman–Crippen LogP) is 2.43. The fourth-order valence-corrected chi connectivity index (χ4v) is 3.59. The van der Waals surface area contributed by atoms with Gasteiger partial charge in [-0.05, 0) is 31.5 Å². The molecule has 1 aliphatic heterocycles. The van der Waals surface area contributed by atoms with Crippen molar-refractivity contribution in [2.75, 3.05) is 7.11 Å². The molecule has 1 fully saturated rings. The Morgan fingerprint density at radius 2 is 1.97 bits per heavy atom. The number of aromatic nitrogens is 1. The van der Waals surface area contributed by atoms with Gasteiger partial charge in [0.25, 0.3) is 11.8 Å². The van der Waals surface area contributed by atoms with E-state index >= 15 is 0 Å². The van der Waals surface area contributed by atoms with Crippen LogP contribution in [0.3, 0.4) is 0 Å². The minimum atomic E-state index is -4.90. The SMILES string of the molecule is COc1c([C@H]2C[C@@](C)(C(F)(F)F)O[C@@H]2C(=O)N=c2ccn(O)c(C(N)=O)c2)ccc(F)c1F. The summed E-state index contributed by atoms with van der Waals surface area (Å²) >= 11 is 0. The van der Waals surface area contributed by atoms with Crippen LogP contribution in [0.15, 0.2) is 35.5 Å². The smallest absolute Gasteiger partial charge is 0.417 e. The third kappa shape index (κ3) is 4.40. The number of nitrogens with two attached hydrogens (primary N) is 1. The monoisotopic (exact) mass is 475 g/mol. The largest absolute Gasteiger partial charge is 0.493 e. The maximum absolute atomic E-state index is 14.2. The second-order valence-electron chi connectivity index (χ2n) is 7.49. The van der Waals surface area contributed by atoms with Crippen molar-refractivity contribution in [2.24, 2.45) is 10.7 Å². The van der Waals surface area contributed by atoms with Gasteiger partial charge in [0.2, 0.25) is 5.82 Å². The van der Waals surface area contributed by atoms with Crippen LogP contribution < -0.4 is 15.8 Å². The number of benzene rings is 1. The number of ether oxygens (including phenoxy) is 2. The molecular formula is C20H18F5N3O5.